The van der Waals surface area contributed by atoms with Gasteiger partial charge in [-0.25, -0.2) is 4.79 Å². The van der Waals surface area contributed by atoms with E-state index in [1.165, 1.54) is 0 Å². The topological polar surface area (TPSA) is 122 Å². The molecule has 20 heavy (non-hydrogen) atoms. The Balaban J connectivity index is 2.62. The van der Waals surface area contributed by atoms with Gasteiger partial charge in [0.25, 0.3) is 11.9 Å². The summed E-state index contributed by atoms with van der Waals surface area (Å²) in [6.45, 7) is 5.13. The first-order valence-electron chi connectivity index (χ1n) is 5.79. The van der Waals surface area contributed by atoms with E-state index in [0.29, 0.717) is 0 Å². The zero-order valence-electron chi connectivity index (χ0n) is 11.4. The van der Waals surface area contributed by atoms with Crippen molar-refractivity contribution in [2.45, 2.75) is 38.8 Å². The molecular weight excluding hydrogens is 264 g/mol. The minimum absolute atomic E-state index is 0.00290. The van der Waals surface area contributed by atoms with Crippen molar-refractivity contribution in [3.63, 3.8) is 0 Å². The summed E-state index contributed by atoms with van der Waals surface area (Å²) in [5.74, 6) is 1.73. The minimum atomic E-state index is -0.951. The quantitative estimate of drug-likeness (QED) is 0.670. The molecule has 0 radical (unpaired) electrons. The molecule has 1 atom stereocenters. The molecule has 0 saturated carbocycles. The average molecular weight is 280 g/mol. The number of aromatic nitrogens is 4. The van der Waals surface area contributed by atoms with Crippen LogP contribution >= 0.6 is 0 Å². The van der Waals surface area contributed by atoms with Gasteiger partial charge in [-0.05, 0) is 26.0 Å². The first-order chi connectivity index (χ1) is 9.31. The predicted octanol–water partition coefficient (Wildman–Crippen LogP) is 0.0548. The van der Waals surface area contributed by atoms with E-state index in [-0.39, 0.29) is 12.4 Å². The first kappa shape index (κ1) is 15.4. The lowest BCUT2D eigenvalue weighted by atomic mass is 10.2. The van der Waals surface area contributed by atoms with E-state index in [0.717, 1.165) is 0 Å². The highest BCUT2D eigenvalue weighted by Gasteiger charge is 2.24. The lowest BCUT2D eigenvalue weighted by Gasteiger charge is -2.22. The number of terminal acetylenes is 1. The Morgan fingerprint density at radius 2 is 2.20 bits per heavy atom. The summed E-state index contributed by atoms with van der Waals surface area (Å²) in [5.41, 5.74) is -0.672. The van der Waals surface area contributed by atoms with Crippen molar-refractivity contribution in [1.82, 2.24) is 25.9 Å². The number of carbonyl (C=O) groups is 2. The molecule has 1 heterocycles. The zero-order valence-corrected chi connectivity index (χ0v) is 11.4. The third kappa shape index (κ3) is 5.34. The third-order valence-electron chi connectivity index (χ3n) is 1.91. The van der Waals surface area contributed by atoms with Crippen LogP contribution in [-0.2, 0) is 9.53 Å². The van der Waals surface area contributed by atoms with E-state index in [1.54, 1.807) is 20.8 Å². The van der Waals surface area contributed by atoms with Gasteiger partial charge in [-0.3, -0.25) is 10.1 Å². The van der Waals surface area contributed by atoms with Crippen LogP contribution in [-0.4, -0.2) is 44.3 Å². The lowest BCUT2D eigenvalue weighted by molar-refractivity contribution is -0.118. The molecule has 9 heteroatoms. The number of rotatable bonds is 4. The maximum Gasteiger partial charge on any atom is 0.408 e. The number of nitrogens with one attached hydrogen (secondary N) is 3. The highest BCUT2D eigenvalue weighted by molar-refractivity contribution is 5.95. The highest BCUT2D eigenvalue weighted by Crippen LogP contribution is 2.07. The number of anilines is 1. The number of hydrogen-bond acceptors (Lipinski definition) is 6. The summed E-state index contributed by atoms with van der Waals surface area (Å²) in [6, 6.07) is -0.951. The molecule has 0 aliphatic heterocycles. The molecule has 0 fully saturated rings. The molecule has 1 aromatic heterocycles. The molecule has 9 nitrogen and oxygen atoms in total. The molecule has 0 saturated heterocycles. The molecule has 0 spiro atoms. The van der Waals surface area contributed by atoms with Gasteiger partial charge in [-0.15, -0.1) is 17.4 Å². The van der Waals surface area contributed by atoms with Crippen molar-refractivity contribution in [3.8, 4) is 12.3 Å². The summed E-state index contributed by atoms with van der Waals surface area (Å²) in [7, 11) is 0. The molecule has 1 rings (SSSR count). The van der Waals surface area contributed by atoms with E-state index in [4.69, 9.17) is 11.2 Å². The summed E-state index contributed by atoms with van der Waals surface area (Å²) in [6.07, 6.45) is 4.44. The van der Waals surface area contributed by atoms with Gasteiger partial charge in [0.2, 0.25) is 0 Å². The van der Waals surface area contributed by atoms with Crippen LogP contribution in [0.1, 0.15) is 27.2 Å². The van der Waals surface area contributed by atoms with E-state index < -0.39 is 23.6 Å². The highest BCUT2D eigenvalue weighted by atomic mass is 16.6. The maximum absolute atomic E-state index is 11.9. The minimum Gasteiger partial charge on any atom is -0.444 e. The third-order valence-corrected chi connectivity index (χ3v) is 1.91. The van der Waals surface area contributed by atoms with Crippen molar-refractivity contribution >= 4 is 17.9 Å². The van der Waals surface area contributed by atoms with Crippen LogP contribution in [0, 0.1) is 12.3 Å². The number of ether oxygens (including phenoxy) is 1. The molecule has 0 aliphatic carbocycles. The molecule has 2 amide bonds. The summed E-state index contributed by atoms with van der Waals surface area (Å²) in [4.78, 5) is 23.5. The van der Waals surface area contributed by atoms with E-state index in [1.807, 2.05) is 0 Å². The standard InChI is InChI=1S/C11H16N6O3/c1-5-6-7(12-10(19)20-11(2,3)4)8(18)13-9-14-16-17-15-9/h1,7H,6H2,2-4H3,(H,12,19)(H2,13,14,15,16,17,18). The Morgan fingerprint density at radius 1 is 1.50 bits per heavy atom. The number of aromatic amines is 1. The molecule has 1 aromatic rings. The Labute approximate surface area is 115 Å². The number of nitrogens with zero attached hydrogens (tertiary/aromatic N) is 3. The van der Waals surface area contributed by atoms with E-state index in [2.05, 4.69) is 37.2 Å². The summed E-state index contributed by atoms with van der Waals surface area (Å²) >= 11 is 0. The Morgan fingerprint density at radius 3 is 2.70 bits per heavy atom. The largest absolute Gasteiger partial charge is 0.444 e. The van der Waals surface area contributed by atoms with Crippen molar-refractivity contribution in [2.75, 3.05) is 5.32 Å². The lowest BCUT2D eigenvalue weighted by Crippen LogP contribution is -2.45. The Bertz CT molecular complexity index is 499. The smallest absolute Gasteiger partial charge is 0.408 e. The van der Waals surface area contributed by atoms with Crippen LogP contribution < -0.4 is 10.6 Å². The SMILES string of the molecule is C#CCC(NC(=O)OC(C)(C)C)C(=O)Nc1nn[nH]n1. The van der Waals surface area contributed by atoms with Gasteiger partial charge >= 0.3 is 6.09 Å². The van der Waals surface area contributed by atoms with E-state index in [9.17, 15) is 9.59 Å². The molecule has 0 aliphatic rings. The fourth-order valence-corrected chi connectivity index (χ4v) is 1.19. The van der Waals surface area contributed by atoms with Crippen LogP contribution in [0.4, 0.5) is 10.7 Å². The van der Waals surface area contributed by atoms with Gasteiger partial charge < -0.3 is 10.1 Å². The van der Waals surface area contributed by atoms with Gasteiger partial charge in [0.1, 0.15) is 11.6 Å². The number of tetrazole rings is 1. The molecule has 0 aromatic carbocycles. The van der Waals surface area contributed by atoms with Gasteiger partial charge in [0.15, 0.2) is 0 Å². The van der Waals surface area contributed by atoms with Crippen LogP contribution in [0.3, 0.4) is 0 Å². The number of H-pyrrole nitrogens is 1. The fraction of sp³-hybridized carbons (Fsp3) is 0.545. The van der Waals surface area contributed by atoms with Gasteiger partial charge in [-0.1, -0.05) is 5.10 Å². The number of carbonyl (C=O) groups excluding carboxylic acids is 2. The van der Waals surface area contributed by atoms with E-state index >= 15 is 0 Å². The predicted molar refractivity (Wildman–Crippen MR) is 69.4 cm³/mol. The number of hydrogen-bond donors (Lipinski definition) is 3. The van der Waals surface area contributed by atoms with Crippen LogP contribution in [0.15, 0.2) is 0 Å². The zero-order chi connectivity index (χ0) is 15.2. The van der Waals surface area contributed by atoms with Crippen LogP contribution in [0.2, 0.25) is 0 Å². The van der Waals surface area contributed by atoms with Crippen molar-refractivity contribution in [1.29, 1.82) is 0 Å². The van der Waals surface area contributed by atoms with Crippen molar-refractivity contribution in [2.24, 2.45) is 0 Å². The molecule has 1 unspecified atom stereocenters. The fourth-order valence-electron chi connectivity index (χ4n) is 1.19. The second-order valence-electron chi connectivity index (χ2n) is 4.83. The molecule has 0 bridgehead atoms. The normalized spacial score (nSPS) is 12.1. The van der Waals surface area contributed by atoms with Gasteiger partial charge in [0, 0.05) is 6.42 Å². The van der Waals surface area contributed by atoms with Gasteiger partial charge in [0.05, 0.1) is 0 Å². The van der Waals surface area contributed by atoms with Crippen molar-refractivity contribution in [3.05, 3.63) is 0 Å². The second-order valence-corrected chi connectivity index (χ2v) is 4.83. The molecular formula is C11H16N6O3. The van der Waals surface area contributed by atoms with Crippen LogP contribution in [0.5, 0.6) is 0 Å². The summed E-state index contributed by atoms with van der Waals surface area (Å²) < 4.78 is 5.05. The van der Waals surface area contributed by atoms with Gasteiger partial charge in [-0.2, -0.15) is 5.21 Å². The first-order valence-corrected chi connectivity index (χ1v) is 5.79. The number of alkyl carbamates (subject to hydrolysis) is 1. The monoisotopic (exact) mass is 280 g/mol. The average Bonchev–Trinajstić information content (AvgIpc) is 2.78. The Kier molecular flexibility index (Phi) is 5.02. The molecule has 108 valence electrons. The van der Waals surface area contributed by atoms with Crippen molar-refractivity contribution < 1.29 is 14.3 Å². The van der Waals surface area contributed by atoms with Crippen LogP contribution in [0.25, 0.3) is 0 Å². The summed E-state index contributed by atoms with van der Waals surface area (Å²) in [5, 5.41) is 17.3. The maximum atomic E-state index is 11.9. The second kappa shape index (κ2) is 6.51. The number of amides is 2. The Hall–Kier alpha value is -2.63. The molecule has 3 N–H and O–H groups in total.